The van der Waals surface area contributed by atoms with Crippen molar-refractivity contribution in [3.8, 4) is 0 Å². The molecule has 0 spiro atoms. The predicted octanol–water partition coefficient (Wildman–Crippen LogP) is 1.37. The molecule has 2 nitrogen and oxygen atoms in total. The maximum Gasteiger partial charge on any atom is 0.0161 e. The van der Waals surface area contributed by atoms with Crippen LogP contribution in [-0.4, -0.2) is 26.2 Å². The van der Waals surface area contributed by atoms with Crippen LogP contribution in [0.5, 0.6) is 0 Å². The number of likely N-dealkylation sites (N-methyl/N-ethyl adjacent to an activating group) is 1. The molecule has 1 rings (SSSR count). The van der Waals surface area contributed by atoms with Gasteiger partial charge in [0.2, 0.25) is 0 Å². The molecular formula is C10H22N2. The summed E-state index contributed by atoms with van der Waals surface area (Å²) in [6, 6.07) is 0.595. The topological polar surface area (TPSA) is 24.1 Å². The van der Waals surface area contributed by atoms with Gasteiger partial charge in [0, 0.05) is 19.1 Å². The van der Waals surface area contributed by atoms with Crippen molar-refractivity contribution in [3.63, 3.8) is 0 Å². The SMILES string of the molecule is CCC1(CNCC(C)NC)CC1. The molecule has 0 aromatic rings. The number of hydrogen-bond donors (Lipinski definition) is 2. The number of rotatable bonds is 6. The van der Waals surface area contributed by atoms with Gasteiger partial charge in [0.05, 0.1) is 0 Å². The molecule has 1 aliphatic rings. The Kier molecular flexibility index (Phi) is 3.53. The summed E-state index contributed by atoms with van der Waals surface area (Å²) < 4.78 is 0. The lowest BCUT2D eigenvalue weighted by atomic mass is 10.0. The van der Waals surface area contributed by atoms with E-state index in [1.165, 1.54) is 25.8 Å². The van der Waals surface area contributed by atoms with Crippen molar-refractivity contribution in [2.75, 3.05) is 20.1 Å². The lowest BCUT2D eigenvalue weighted by Gasteiger charge is -2.16. The molecule has 12 heavy (non-hydrogen) atoms. The van der Waals surface area contributed by atoms with Gasteiger partial charge >= 0.3 is 0 Å². The van der Waals surface area contributed by atoms with Gasteiger partial charge in [-0.05, 0) is 38.6 Å². The van der Waals surface area contributed by atoms with Crippen molar-refractivity contribution in [1.82, 2.24) is 10.6 Å². The standard InChI is InChI=1S/C10H22N2/c1-4-10(5-6-10)8-12-7-9(2)11-3/h9,11-12H,4-8H2,1-3H3. The Hall–Kier alpha value is -0.0800. The van der Waals surface area contributed by atoms with Gasteiger partial charge in [-0.3, -0.25) is 0 Å². The van der Waals surface area contributed by atoms with Gasteiger partial charge in [0.1, 0.15) is 0 Å². The zero-order chi connectivity index (χ0) is 9.03. The molecule has 0 saturated heterocycles. The van der Waals surface area contributed by atoms with Gasteiger partial charge in [0.25, 0.3) is 0 Å². The molecule has 0 heterocycles. The van der Waals surface area contributed by atoms with E-state index in [2.05, 4.69) is 24.5 Å². The molecule has 0 aliphatic heterocycles. The Morgan fingerprint density at radius 1 is 1.42 bits per heavy atom. The minimum Gasteiger partial charge on any atom is -0.316 e. The van der Waals surface area contributed by atoms with Gasteiger partial charge < -0.3 is 10.6 Å². The van der Waals surface area contributed by atoms with E-state index in [1.807, 2.05) is 7.05 Å². The second-order valence-corrected chi connectivity index (χ2v) is 4.17. The molecule has 1 aliphatic carbocycles. The lowest BCUT2D eigenvalue weighted by molar-refractivity contribution is 0.425. The van der Waals surface area contributed by atoms with Crippen LogP contribution in [0.1, 0.15) is 33.1 Å². The van der Waals surface area contributed by atoms with E-state index in [9.17, 15) is 0 Å². The third-order valence-electron chi connectivity index (χ3n) is 3.15. The summed E-state index contributed by atoms with van der Waals surface area (Å²) in [6.45, 7) is 6.82. The Morgan fingerprint density at radius 3 is 2.50 bits per heavy atom. The molecule has 0 aromatic heterocycles. The van der Waals surface area contributed by atoms with Crippen LogP contribution < -0.4 is 10.6 Å². The minimum absolute atomic E-state index is 0.595. The summed E-state index contributed by atoms with van der Waals surface area (Å²) in [6.07, 6.45) is 4.21. The largest absolute Gasteiger partial charge is 0.316 e. The Labute approximate surface area is 76.1 Å². The molecule has 0 aromatic carbocycles. The maximum absolute atomic E-state index is 3.53. The average Bonchev–Trinajstić information content (AvgIpc) is 2.85. The van der Waals surface area contributed by atoms with E-state index in [0.29, 0.717) is 11.5 Å². The first-order valence-corrected chi connectivity index (χ1v) is 5.10. The fourth-order valence-corrected chi connectivity index (χ4v) is 1.49. The quantitative estimate of drug-likeness (QED) is 0.629. The summed E-state index contributed by atoms with van der Waals surface area (Å²) >= 11 is 0. The Bertz CT molecular complexity index is 130. The molecule has 1 saturated carbocycles. The van der Waals surface area contributed by atoms with Crippen LogP contribution in [0, 0.1) is 5.41 Å². The van der Waals surface area contributed by atoms with Gasteiger partial charge in [-0.2, -0.15) is 0 Å². The van der Waals surface area contributed by atoms with Crippen LogP contribution in [0.2, 0.25) is 0 Å². The van der Waals surface area contributed by atoms with Crippen molar-refractivity contribution < 1.29 is 0 Å². The highest BCUT2D eigenvalue weighted by molar-refractivity contribution is 4.93. The van der Waals surface area contributed by atoms with Gasteiger partial charge in [0.15, 0.2) is 0 Å². The van der Waals surface area contributed by atoms with Crippen molar-refractivity contribution in [2.45, 2.75) is 39.2 Å². The molecule has 0 radical (unpaired) electrons. The Balaban J connectivity index is 2.02. The highest BCUT2D eigenvalue weighted by Gasteiger charge is 2.39. The highest BCUT2D eigenvalue weighted by Crippen LogP contribution is 2.47. The molecule has 2 N–H and O–H groups in total. The third-order valence-corrected chi connectivity index (χ3v) is 3.15. The summed E-state index contributed by atoms with van der Waals surface area (Å²) in [7, 11) is 2.01. The van der Waals surface area contributed by atoms with E-state index >= 15 is 0 Å². The lowest BCUT2D eigenvalue weighted by Crippen LogP contribution is -2.36. The summed E-state index contributed by atoms with van der Waals surface area (Å²) in [5.74, 6) is 0. The number of hydrogen-bond acceptors (Lipinski definition) is 2. The molecule has 0 amide bonds. The zero-order valence-corrected chi connectivity index (χ0v) is 8.61. The van der Waals surface area contributed by atoms with E-state index in [0.717, 1.165) is 6.54 Å². The predicted molar refractivity (Wildman–Crippen MR) is 53.3 cm³/mol. The highest BCUT2D eigenvalue weighted by atomic mass is 15.0. The summed E-state index contributed by atoms with van der Waals surface area (Å²) in [5.41, 5.74) is 0.688. The van der Waals surface area contributed by atoms with Gasteiger partial charge in [-0.25, -0.2) is 0 Å². The maximum atomic E-state index is 3.53. The van der Waals surface area contributed by atoms with E-state index in [1.54, 1.807) is 0 Å². The first kappa shape index (κ1) is 10.0. The summed E-state index contributed by atoms with van der Waals surface area (Å²) in [5, 5.41) is 6.75. The monoisotopic (exact) mass is 170 g/mol. The molecule has 1 unspecified atom stereocenters. The molecule has 1 atom stereocenters. The molecule has 0 bridgehead atoms. The van der Waals surface area contributed by atoms with Gasteiger partial charge in [-0.1, -0.05) is 6.92 Å². The zero-order valence-electron chi connectivity index (χ0n) is 8.61. The van der Waals surface area contributed by atoms with Crippen molar-refractivity contribution in [1.29, 1.82) is 0 Å². The number of nitrogens with one attached hydrogen (secondary N) is 2. The van der Waals surface area contributed by atoms with Crippen molar-refractivity contribution >= 4 is 0 Å². The fraction of sp³-hybridized carbons (Fsp3) is 1.00. The third kappa shape index (κ3) is 2.76. The molecule has 1 fully saturated rings. The van der Waals surface area contributed by atoms with Crippen LogP contribution >= 0.6 is 0 Å². The smallest absolute Gasteiger partial charge is 0.0161 e. The van der Waals surface area contributed by atoms with Crippen molar-refractivity contribution in [3.05, 3.63) is 0 Å². The average molecular weight is 170 g/mol. The van der Waals surface area contributed by atoms with Gasteiger partial charge in [-0.15, -0.1) is 0 Å². The van der Waals surface area contributed by atoms with E-state index < -0.39 is 0 Å². The second-order valence-electron chi connectivity index (χ2n) is 4.17. The minimum atomic E-state index is 0.595. The van der Waals surface area contributed by atoms with Crippen LogP contribution in [0.3, 0.4) is 0 Å². The van der Waals surface area contributed by atoms with Crippen LogP contribution in [0.4, 0.5) is 0 Å². The fourth-order valence-electron chi connectivity index (χ4n) is 1.49. The summed E-state index contributed by atoms with van der Waals surface area (Å²) in [4.78, 5) is 0. The van der Waals surface area contributed by atoms with Crippen LogP contribution in [-0.2, 0) is 0 Å². The van der Waals surface area contributed by atoms with E-state index in [-0.39, 0.29) is 0 Å². The second kappa shape index (κ2) is 4.24. The van der Waals surface area contributed by atoms with E-state index in [4.69, 9.17) is 0 Å². The molecular weight excluding hydrogens is 148 g/mol. The normalized spacial score (nSPS) is 22.2. The molecule has 2 heteroatoms. The first-order chi connectivity index (χ1) is 5.72. The first-order valence-electron chi connectivity index (χ1n) is 5.10. The van der Waals surface area contributed by atoms with Crippen LogP contribution in [0.15, 0.2) is 0 Å². The molecule has 72 valence electrons. The van der Waals surface area contributed by atoms with Crippen LogP contribution in [0.25, 0.3) is 0 Å². The van der Waals surface area contributed by atoms with Crippen molar-refractivity contribution in [2.24, 2.45) is 5.41 Å². The Morgan fingerprint density at radius 2 is 2.08 bits per heavy atom.